The Balaban J connectivity index is 1.26. The van der Waals surface area contributed by atoms with Crippen LogP contribution in [0.3, 0.4) is 0 Å². The predicted molar refractivity (Wildman–Crippen MR) is 178 cm³/mol. The number of aryl methyl sites for hydroxylation is 1. The quantitative estimate of drug-likeness (QED) is 0.225. The van der Waals surface area contributed by atoms with Crippen LogP contribution >= 0.6 is 0 Å². The van der Waals surface area contributed by atoms with Crippen molar-refractivity contribution in [2.24, 2.45) is 11.8 Å². The van der Waals surface area contributed by atoms with Crippen molar-refractivity contribution in [3.63, 3.8) is 0 Å². The third-order valence-electron chi connectivity index (χ3n) is 9.10. The van der Waals surface area contributed by atoms with Gasteiger partial charge in [0.2, 0.25) is 0 Å². The Kier molecular flexibility index (Phi) is 6.34. The van der Waals surface area contributed by atoms with E-state index < -0.39 is 0 Å². The number of allylic oxidation sites excluding steroid dienone is 8. The van der Waals surface area contributed by atoms with E-state index in [1.54, 1.807) is 0 Å². The molecule has 43 heavy (non-hydrogen) atoms. The minimum Gasteiger partial charge on any atom is -0.255 e. The lowest BCUT2D eigenvalue weighted by Gasteiger charge is -2.35. The smallest absolute Gasteiger partial charge is 0.0888 e. The first-order chi connectivity index (χ1) is 21.2. The number of rotatable bonds is 4. The van der Waals surface area contributed by atoms with E-state index in [-0.39, 0.29) is 5.92 Å². The Hall–Kier alpha value is -5.08. The molecule has 0 saturated heterocycles. The van der Waals surface area contributed by atoms with Gasteiger partial charge in [-0.2, -0.15) is 0 Å². The average molecular weight is 553 g/mol. The van der Waals surface area contributed by atoms with Gasteiger partial charge >= 0.3 is 0 Å². The van der Waals surface area contributed by atoms with E-state index in [2.05, 4.69) is 133 Å². The Morgan fingerprint density at radius 2 is 1.40 bits per heavy atom. The van der Waals surface area contributed by atoms with E-state index >= 15 is 0 Å². The van der Waals surface area contributed by atoms with Gasteiger partial charge < -0.3 is 0 Å². The molecule has 0 radical (unpaired) electrons. The van der Waals surface area contributed by atoms with Crippen LogP contribution in [0, 0.1) is 18.8 Å². The molecule has 2 heterocycles. The maximum atomic E-state index is 4.81. The molecule has 3 aromatic carbocycles. The van der Waals surface area contributed by atoms with E-state index in [1.807, 2.05) is 18.5 Å². The second-order valence-electron chi connectivity index (χ2n) is 11.8. The van der Waals surface area contributed by atoms with Crippen molar-refractivity contribution in [2.45, 2.75) is 19.8 Å². The molecule has 0 fully saturated rings. The molecule has 2 atom stereocenters. The summed E-state index contributed by atoms with van der Waals surface area (Å²) in [5.74, 6) is 0.578. The maximum absolute atomic E-state index is 4.81. The summed E-state index contributed by atoms with van der Waals surface area (Å²) in [6.07, 6.45) is 20.0. The summed E-state index contributed by atoms with van der Waals surface area (Å²) in [7, 11) is 0. The normalized spacial score (nSPS) is 19.1. The highest BCUT2D eigenvalue weighted by Gasteiger charge is 2.32. The summed E-state index contributed by atoms with van der Waals surface area (Å²) in [5, 5.41) is 5.28. The molecule has 0 N–H and O–H groups in total. The van der Waals surface area contributed by atoms with E-state index in [4.69, 9.17) is 4.98 Å². The fourth-order valence-electron chi connectivity index (χ4n) is 7.07. The number of fused-ring (bicyclic) bond motifs is 3. The van der Waals surface area contributed by atoms with Crippen molar-refractivity contribution >= 4 is 27.5 Å². The van der Waals surface area contributed by atoms with Gasteiger partial charge in [-0.1, -0.05) is 103 Å². The summed E-state index contributed by atoms with van der Waals surface area (Å²) < 4.78 is 0. The van der Waals surface area contributed by atoms with E-state index in [1.165, 1.54) is 54.6 Å². The standard InChI is InChI=1S/C41H32N2/c1-27-21-22-42-39(23-27)38-20-19-33(26-43-38)30-11-8-12-31(25-30)40-34-13-4-6-15-36(34)41(37-16-7-5-14-35(37)40)32-18-17-28-9-2-3-10-29(28)24-32/h2-7,9-11,13-26,34,36H,8,12H2,1H3. The fourth-order valence-corrected chi connectivity index (χ4v) is 7.07. The van der Waals surface area contributed by atoms with Gasteiger partial charge in [0.05, 0.1) is 11.4 Å². The van der Waals surface area contributed by atoms with Crippen LogP contribution < -0.4 is 10.4 Å². The summed E-state index contributed by atoms with van der Waals surface area (Å²) in [6.45, 7) is 2.09. The molecule has 2 unspecified atom stereocenters. The molecule has 0 saturated carbocycles. The largest absolute Gasteiger partial charge is 0.255 e. The van der Waals surface area contributed by atoms with Crippen LogP contribution in [0.2, 0.25) is 0 Å². The van der Waals surface area contributed by atoms with Crippen LogP contribution in [0.25, 0.3) is 38.9 Å². The summed E-state index contributed by atoms with van der Waals surface area (Å²) >= 11 is 0. The zero-order valence-electron chi connectivity index (χ0n) is 24.2. The molecular formula is C41H32N2. The zero-order chi connectivity index (χ0) is 28.8. The Bertz CT molecular complexity index is 2140. The van der Waals surface area contributed by atoms with Crippen molar-refractivity contribution in [2.75, 3.05) is 0 Å². The molecule has 0 spiro atoms. The van der Waals surface area contributed by atoms with E-state index in [9.17, 15) is 0 Å². The molecule has 0 bridgehead atoms. The number of benzene rings is 3. The third kappa shape index (κ3) is 4.60. The summed E-state index contributed by atoms with van der Waals surface area (Å²) in [4.78, 5) is 9.33. The van der Waals surface area contributed by atoms with Gasteiger partial charge in [-0.25, -0.2) is 0 Å². The van der Waals surface area contributed by atoms with Crippen LogP contribution in [0.1, 0.15) is 29.5 Å². The molecule has 0 aliphatic heterocycles. The second kappa shape index (κ2) is 10.6. The predicted octanol–water partition coefficient (Wildman–Crippen LogP) is 8.13. The lowest BCUT2D eigenvalue weighted by atomic mass is 9.69. The van der Waals surface area contributed by atoms with Crippen LogP contribution in [0.4, 0.5) is 0 Å². The minimum absolute atomic E-state index is 0.286. The van der Waals surface area contributed by atoms with Crippen molar-refractivity contribution in [1.82, 2.24) is 9.97 Å². The van der Waals surface area contributed by atoms with Gasteiger partial charge in [-0.3, -0.25) is 9.97 Å². The van der Waals surface area contributed by atoms with Crippen molar-refractivity contribution in [3.8, 4) is 11.4 Å². The van der Waals surface area contributed by atoms with Gasteiger partial charge in [0.1, 0.15) is 0 Å². The highest BCUT2D eigenvalue weighted by molar-refractivity contribution is 5.89. The average Bonchev–Trinajstić information content (AvgIpc) is 3.07. The number of aromatic nitrogens is 2. The Morgan fingerprint density at radius 1 is 0.651 bits per heavy atom. The first kappa shape index (κ1) is 25.6. The topological polar surface area (TPSA) is 25.8 Å². The number of pyridine rings is 2. The lowest BCUT2D eigenvalue weighted by Crippen LogP contribution is -2.40. The van der Waals surface area contributed by atoms with Gasteiger partial charge in [0, 0.05) is 24.2 Å². The highest BCUT2D eigenvalue weighted by atomic mass is 14.8. The Labute approximate surface area is 252 Å². The molecule has 3 aliphatic carbocycles. The molecular weight excluding hydrogens is 520 g/mol. The van der Waals surface area contributed by atoms with Gasteiger partial charge in [0.15, 0.2) is 0 Å². The molecule has 8 rings (SSSR count). The number of nitrogens with zero attached hydrogens (tertiary/aromatic N) is 2. The van der Waals surface area contributed by atoms with Crippen LogP contribution in [0.5, 0.6) is 0 Å². The SMILES string of the molecule is Cc1ccnc(-c2ccc(C3=CCCC(C4=c5ccccc5=C(c5ccc6ccccc6c5)C5C=CC=CC45)=C3)cn2)c1. The minimum atomic E-state index is 0.286. The molecule has 5 aromatic rings. The second-order valence-corrected chi connectivity index (χ2v) is 11.8. The van der Waals surface area contributed by atoms with Gasteiger partial charge in [-0.15, -0.1) is 0 Å². The van der Waals surface area contributed by atoms with Crippen LogP contribution in [-0.4, -0.2) is 9.97 Å². The first-order valence-electron chi connectivity index (χ1n) is 15.2. The lowest BCUT2D eigenvalue weighted by molar-refractivity contribution is 0.680. The molecule has 3 aliphatic rings. The monoisotopic (exact) mass is 552 g/mol. The maximum Gasteiger partial charge on any atom is 0.0888 e. The highest BCUT2D eigenvalue weighted by Crippen LogP contribution is 2.43. The van der Waals surface area contributed by atoms with Gasteiger partial charge in [-0.05, 0) is 104 Å². The van der Waals surface area contributed by atoms with Crippen molar-refractivity contribution in [3.05, 3.63) is 173 Å². The van der Waals surface area contributed by atoms with E-state index in [0.29, 0.717) is 5.92 Å². The van der Waals surface area contributed by atoms with Crippen molar-refractivity contribution < 1.29 is 0 Å². The molecule has 0 amide bonds. The Morgan fingerprint density at radius 3 is 2.19 bits per heavy atom. The molecule has 2 nitrogen and oxygen atoms in total. The molecule has 2 heteroatoms. The fraction of sp³-hybridized carbons (Fsp3) is 0.122. The summed E-state index contributed by atoms with van der Waals surface area (Å²) in [5.41, 5.74) is 11.0. The summed E-state index contributed by atoms with van der Waals surface area (Å²) in [6, 6.07) is 33.0. The van der Waals surface area contributed by atoms with Crippen LogP contribution in [-0.2, 0) is 0 Å². The van der Waals surface area contributed by atoms with Gasteiger partial charge in [0.25, 0.3) is 0 Å². The first-order valence-corrected chi connectivity index (χ1v) is 15.2. The van der Waals surface area contributed by atoms with Crippen LogP contribution in [0.15, 0.2) is 145 Å². The molecule has 206 valence electrons. The number of hydrogen-bond donors (Lipinski definition) is 0. The van der Waals surface area contributed by atoms with E-state index in [0.717, 1.165) is 29.8 Å². The third-order valence-corrected chi connectivity index (χ3v) is 9.10. The number of hydrogen-bond acceptors (Lipinski definition) is 2. The zero-order valence-corrected chi connectivity index (χ0v) is 24.2. The van der Waals surface area contributed by atoms with Crippen molar-refractivity contribution in [1.29, 1.82) is 0 Å². The molecule has 2 aromatic heterocycles.